The Morgan fingerprint density at radius 2 is 1.68 bits per heavy atom. The number of thioether (sulfide) groups is 1. The van der Waals surface area contributed by atoms with Crippen LogP contribution in [-0.2, 0) is 6.54 Å². The molecule has 0 fully saturated rings. The van der Waals surface area contributed by atoms with Gasteiger partial charge in [0, 0.05) is 17.7 Å². The summed E-state index contributed by atoms with van der Waals surface area (Å²) in [5, 5.41) is 10.1. The Hall–Kier alpha value is -3.78. The molecule has 0 atom stereocenters. The molecule has 0 saturated heterocycles. The Bertz CT molecular complexity index is 1400. The summed E-state index contributed by atoms with van der Waals surface area (Å²) >= 11 is 1.34. The molecular weight excluding hydrogens is 455 g/mol. The van der Waals surface area contributed by atoms with E-state index in [2.05, 4.69) is 4.98 Å². The summed E-state index contributed by atoms with van der Waals surface area (Å²) in [5.74, 6) is -1.04. The summed E-state index contributed by atoms with van der Waals surface area (Å²) in [6, 6.07) is 19.2. The first-order chi connectivity index (χ1) is 16.4. The van der Waals surface area contributed by atoms with Crippen molar-refractivity contribution in [1.82, 2.24) is 9.55 Å². The zero-order chi connectivity index (χ0) is 24.1. The number of rotatable bonds is 9. The Balaban J connectivity index is 1.57. The first-order valence-electron chi connectivity index (χ1n) is 10.7. The van der Waals surface area contributed by atoms with Crippen molar-refractivity contribution in [2.75, 3.05) is 5.75 Å². The van der Waals surface area contributed by atoms with Gasteiger partial charge in [-0.3, -0.25) is 14.2 Å². The van der Waals surface area contributed by atoms with Crippen LogP contribution in [-0.4, -0.2) is 32.2 Å². The third kappa shape index (κ3) is 5.40. The molecule has 0 aliphatic rings. The molecule has 1 heterocycles. The molecule has 0 amide bonds. The fraction of sp³-hybridized carbons (Fsp3) is 0.154. The lowest BCUT2D eigenvalue weighted by Gasteiger charge is -2.13. The molecule has 0 saturated carbocycles. The van der Waals surface area contributed by atoms with Gasteiger partial charge in [0.25, 0.3) is 5.56 Å². The molecule has 0 aliphatic carbocycles. The van der Waals surface area contributed by atoms with Crippen LogP contribution in [0.15, 0.2) is 82.7 Å². The summed E-state index contributed by atoms with van der Waals surface area (Å²) in [6.07, 6.45) is 0.813. The van der Waals surface area contributed by atoms with Crippen LogP contribution in [0.5, 0.6) is 0 Å². The minimum absolute atomic E-state index is 0.0565. The smallest absolute Gasteiger partial charge is 0.335 e. The van der Waals surface area contributed by atoms with E-state index in [0.29, 0.717) is 40.3 Å². The predicted molar refractivity (Wildman–Crippen MR) is 129 cm³/mol. The Morgan fingerprint density at radius 3 is 2.38 bits per heavy atom. The topological polar surface area (TPSA) is 89.3 Å². The van der Waals surface area contributed by atoms with Crippen LogP contribution in [0.2, 0.25) is 0 Å². The van der Waals surface area contributed by atoms with Crippen LogP contribution >= 0.6 is 11.8 Å². The van der Waals surface area contributed by atoms with Gasteiger partial charge in [0.2, 0.25) is 0 Å². The normalized spacial score (nSPS) is 11.0. The van der Waals surface area contributed by atoms with E-state index >= 15 is 0 Å². The van der Waals surface area contributed by atoms with Gasteiger partial charge >= 0.3 is 5.97 Å². The van der Waals surface area contributed by atoms with E-state index in [1.165, 1.54) is 54.2 Å². The molecule has 0 unspecified atom stereocenters. The summed E-state index contributed by atoms with van der Waals surface area (Å²) in [5.41, 5.74) is 1.51. The quantitative estimate of drug-likeness (QED) is 0.158. The molecule has 0 aliphatic heterocycles. The van der Waals surface area contributed by atoms with Gasteiger partial charge in [-0.2, -0.15) is 0 Å². The lowest BCUT2D eigenvalue weighted by Crippen LogP contribution is -2.24. The average molecular weight is 477 g/mol. The van der Waals surface area contributed by atoms with Crippen molar-refractivity contribution in [3.63, 3.8) is 0 Å². The van der Waals surface area contributed by atoms with Crippen LogP contribution in [0.1, 0.15) is 39.1 Å². The number of fused-ring (bicyclic) bond motifs is 1. The number of ketones is 1. The minimum Gasteiger partial charge on any atom is -0.478 e. The van der Waals surface area contributed by atoms with E-state index < -0.39 is 11.8 Å². The van der Waals surface area contributed by atoms with Crippen LogP contribution in [0.4, 0.5) is 4.39 Å². The summed E-state index contributed by atoms with van der Waals surface area (Å²) in [4.78, 5) is 41.6. The van der Waals surface area contributed by atoms with Crippen molar-refractivity contribution in [1.29, 1.82) is 0 Å². The van der Waals surface area contributed by atoms with Gasteiger partial charge in [-0.15, -0.1) is 0 Å². The number of carbonyl (C=O) groups is 2. The Kier molecular flexibility index (Phi) is 7.18. The highest BCUT2D eigenvalue weighted by molar-refractivity contribution is 7.99. The molecule has 172 valence electrons. The number of Topliss-reactive ketones (excluding diaryl/α,β-unsaturated/α-hetero) is 1. The van der Waals surface area contributed by atoms with E-state index in [1.54, 1.807) is 4.57 Å². The van der Waals surface area contributed by atoms with E-state index in [4.69, 9.17) is 0 Å². The molecule has 6 nitrogen and oxygen atoms in total. The van der Waals surface area contributed by atoms with Gasteiger partial charge in [-0.05, 0) is 54.4 Å². The van der Waals surface area contributed by atoms with Crippen molar-refractivity contribution in [2.24, 2.45) is 0 Å². The molecule has 34 heavy (non-hydrogen) atoms. The molecular formula is C26H21FN2O4S. The van der Waals surface area contributed by atoms with Gasteiger partial charge in [-0.25, -0.2) is 14.2 Å². The molecule has 0 spiro atoms. The second kappa shape index (κ2) is 10.4. The second-order valence-corrected chi connectivity index (χ2v) is 8.75. The fourth-order valence-corrected chi connectivity index (χ4v) is 4.46. The van der Waals surface area contributed by atoms with E-state index in [-0.39, 0.29) is 23.3 Å². The number of hydrogen-bond acceptors (Lipinski definition) is 5. The number of carbonyl (C=O) groups excluding carboxylic acids is 1. The van der Waals surface area contributed by atoms with Gasteiger partial charge in [0.05, 0.1) is 23.0 Å². The average Bonchev–Trinajstić information content (AvgIpc) is 2.84. The first kappa shape index (κ1) is 23.4. The molecule has 0 bridgehead atoms. The number of hydrogen-bond donors (Lipinski definition) is 1. The highest BCUT2D eigenvalue weighted by Gasteiger charge is 2.15. The maximum Gasteiger partial charge on any atom is 0.335 e. The van der Waals surface area contributed by atoms with E-state index in [0.717, 1.165) is 5.56 Å². The molecule has 1 aromatic heterocycles. The predicted octanol–water partition coefficient (Wildman–Crippen LogP) is 5.04. The zero-order valence-corrected chi connectivity index (χ0v) is 18.9. The third-order valence-electron chi connectivity index (χ3n) is 5.30. The monoisotopic (exact) mass is 476 g/mol. The molecule has 8 heteroatoms. The van der Waals surface area contributed by atoms with Gasteiger partial charge in [0.15, 0.2) is 10.9 Å². The maximum atomic E-state index is 13.3. The van der Waals surface area contributed by atoms with Crippen LogP contribution in [0.25, 0.3) is 10.9 Å². The molecule has 1 N–H and O–H groups in total. The van der Waals surface area contributed by atoms with Crippen molar-refractivity contribution >= 4 is 34.4 Å². The Morgan fingerprint density at radius 1 is 0.971 bits per heavy atom. The zero-order valence-electron chi connectivity index (χ0n) is 18.1. The van der Waals surface area contributed by atoms with Gasteiger partial charge in [0.1, 0.15) is 5.82 Å². The standard InChI is InChI=1S/C26H21FN2O4S/c27-20-11-8-18(9-12-20)23(30)7-4-14-34-26-28-22-15-19(25(32)33)10-13-21(22)24(31)29(26)16-17-5-2-1-3-6-17/h1-3,5-6,8-13,15H,4,7,14,16H2,(H,32,33). The lowest BCUT2D eigenvalue weighted by atomic mass is 10.1. The molecule has 3 aromatic carbocycles. The van der Waals surface area contributed by atoms with E-state index in [9.17, 15) is 23.9 Å². The van der Waals surface area contributed by atoms with Gasteiger partial charge < -0.3 is 5.11 Å². The van der Waals surface area contributed by atoms with Crippen molar-refractivity contribution in [3.8, 4) is 0 Å². The van der Waals surface area contributed by atoms with Crippen LogP contribution < -0.4 is 5.56 Å². The van der Waals surface area contributed by atoms with E-state index in [1.807, 2.05) is 30.3 Å². The Labute approximate surface area is 199 Å². The maximum absolute atomic E-state index is 13.3. The van der Waals surface area contributed by atoms with Crippen LogP contribution in [0, 0.1) is 5.82 Å². The number of carboxylic acid groups (broad SMARTS) is 1. The number of halogens is 1. The molecule has 0 radical (unpaired) electrons. The van der Waals surface area contributed by atoms with Gasteiger partial charge in [-0.1, -0.05) is 42.1 Å². The lowest BCUT2D eigenvalue weighted by molar-refractivity contribution is 0.0696. The number of benzene rings is 3. The van der Waals surface area contributed by atoms with Crippen molar-refractivity contribution in [2.45, 2.75) is 24.5 Å². The number of carboxylic acids is 1. The molecule has 4 rings (SSSR count). The SMILES string of the molecule is O=C(O)c1ccc2c(=O)n(Cc3ccccc3)c(SCCCC(=O)c3ccc(F)cc3)nc2c1. The molecule has 4 aromatic rings. The van der Waals surface area contributed by atoms with Crippen molar-refractivity contribution in [3.05, 3.63) is 106 Å². The second-order valence-electron chi connectivity index (χ2n) is 7.69. The first-order valence-corrected chi connectivity index (χ1v) is 11.6. The van der Waals surface area contributed by atoms with Crippen molar-refractivity contribution < 1.29 is 19.1 Å². The summed E-state index contributed by atoms with van der Waals surface area (Å²) in [7, 11) is 0. The summed E-state index contributed by atoms with van der Waals surface area (Å²) in [6.45, 7) is 0.320. The highest BCUT2D eigenvalue weighted by atomic mass is 32.2. The fourth-order valence-electron chi connectivity index (χ4n) is 3.53. The van der Waals surface area contributed by atoms with Crippen LogP contribution in [0.3, 0.4) is 0 Å². The largest absolute Gasteiger partial charge is 0.478 e. The highest BCUT2D eigenvalue weighted by Crippen LogP contribution is 2.22. The number of aromatic carboxylic acids is 1. The minimum atomic E-state index is -1.09. The summed E-state index contributed by atoms with van der Waals surface area (Å²) < 4.78 is 14.6. The number of nitrogens with zero attached hydrogens (tertiary/aromatic N) is 2. The number of aromatic nitrogens is 2. The third-order valence-corrected chi connectivity index (χ3v) is 6.36.